The van der Waals surface area contributed by atoms with Gasteiger partial charge in [-0.05, 0) is 105 Å². The lowest BCUT2D eigenvalue weighted by atomic mass is 9.99. The molecular weight excluding hydrogens is 1460 g/mol. The average Bonchev–Trinajstić information content (AvgIpc) is 0.859. The highest BCUT2D eigenvalue weighted by atomic mass is 32.2. The lowest BCUT2D eigenvalue weighted by molar-refractivity contribution is -0.145. The SMILES string of the molecule is CSCC[C@H](NC(=O)[C@H](CS)NC(=O)[C@@H](NC(=O)[C@H](CS)NC(=O)[C@@H](NC(=O)[C@H](CS)NC(=O)[C@@H](N)CCSC)C(C)C)C(C)C)C(=O)N[C@@H](CS)C(=O)N[C@H](C(=O)N[C@@H](Cc1ccccc1)C(=O)N[C@@H](CC(C)C)C(=O)N[C@@H](CO)C(=O)N[C@@H](CCCCN)C(=O)N[C@H](C(=O)O)[C@@H](C)O)C(C)C. The van der Waals surface area contributed by atoms with E-state index >= 15 is 0 Å². The first kappa shape index (κ1) is 94.8. The first-order valence-corrected chi connectivity index (χ1v) is 39.2. The quantitative estimate of drug-likeness (QED) is 0.0224. The maximum absolute atomic E-state index is 14.5. The van der Waals surface area contributed by atoms with Gasteiger partial charge in [0, 0.05) is 29.4 Å². The van der Waals surface area contributed by atoms with E-state index in [4.69, 9.17) is 11.5 Å². The molecular formula is C65H111N15O17S6. The van der Waals surface area contributed by atoms with Crippen molar-refractivity contribution in [1.29, 1.82) is 0 Å². The van der Waals surface area contributed by atoms with E-state index in [2.05, 4.69) is 120 Å². The van der Waals surface area contributed by atoms with Gasteiger partial charge in [-0.3, -0.25) is 62.3 Å². The van der Waals surface area contributed by atoms with Crippen LogP contribution < -0.4 is 80.6 Å². The van der Waals surface area contributed by atoms with Crippen LogP contribution in [0.5, 0.6) is 0 Å². The third-order valence-corrected chi connectivity index (χ3v) is 18.7. The Kier molecular flexibility index (Phi) is 46.2. The summed E-state index contributed by atoms with van der Waals surface area (Å²) in [4.78, 5) is 192. The molecule has 0 bridgehead atoms. The monoisotopic (exact) mass is 1570 g/mol. The van der Waals surface area contributed by atoms with Crippen molar-refractivity contribution >= 4 is 157 Å². The number of benzene rings is 1. The van der Waals surface area contributed by atoms with Crippen LogP contribution in [0.15, 0.2) is 30.3 Å². The van der Waals surface area contributed by atoms with Gasteiger partial charge in [-0.25, -0.2) is 4.79 Å². The number of rotatable bonds is 50. The van der Waals surface area contributed by atoms with Crippen molar-refractivity contribution in [3.63, 3.8) is 0 Å². The molecule has 0 heterocycles. The average molecular weight is 1570 g/mol. The molecule has 584 valence electrons. The number of hydrogen-bond acceptors (Lipinski definition) is 24. The number of nitrogens with two attached hydrogens (primary N) is 2. The number of aliphatic carboxylic acids is 1. The van der Waals surface area contributed by atoms with E-state index in [1.807, 2.05) is 6.26 Å². The summed E-state index contributed by atoms with van der Waals surface area (Å²) in [5.74, 6) is -14.8. The first-order chi connectivity index (χ1) is 48.5. The number of carboxylic acids is 1. The molecule has 20 N–H and O–H groups in total. The molecule has 0 aliphatic rings. The molecule has 0 radical (unpaired) electrons. The zero-order valence-corrected chi connectivity index (χ0v) is 65.5. The van der Waals surface area contributed by atoms with Crippen LogP contribution in [0.2, 0.25) is 0 Å². The molecule has 0 saturated heterocycles. The first-order valence-electron chi connectivity index (χ1n) is 33.9. The minimum absolute atomic E-state index is 0.00873. The number of aliphatic hydroxyl groups excluding tert-OH is 2. The van der Waals surface area contributed by atoms with Gasteiger partial charge in [0.15, 0.2) is 6.04 Å². The predicted molar refractivity (Wildman–Crippen MR) is 408 cm³/mol. The fourth-order valence-corrected chi connectivity index (χ4v) is 11.8. The molecule has 1 rings (SSSR count). The fraction of sp³-hybridized carbons (Fsp3) is 0.692. The molecule has 1 aromatic carbocycles. The molecule has 0 aliphatic carbocycles. The molecule has 0 fully saturated rings. The number of carbonyl (C=O) groups is 14. The maximum atomic E-state index is 14.5. The highest BCUT2D eigenvalue weighted by Crippen LogP contribution is 2.14. The van der Waals surface area contributed by atoms with Gasteiger partial charge in [0.1, 0.15) is 72.5 Å². The zero-order chi connectivity index (χ0) is 78.4. The highest BCUT2D eigenvalue weighted by molar-refractivity contribution is 7.98. The van der Waals surface area contributed by atoms with Gasteiger partial charge >= 0.3 is 5.97 Å². The summed E-state index contributed by atoms with van der Waals surface area (Å²) in [7, 11) is 0. The van der Waals surface area contributed by atoms with E-state index in [0.29, 0.717) is 36.3 Å². The lowest BCUT2D eigenvalue weighted by Gasteiger charge is -2.29. The number of hydrogen-bond donors (Lipinski definition) is 22. The maximum Gasteiger partial charge on any atom is 0.328 e. The number of thiol groups is 4. The van der Waals surface area contributed by atoms with E-state index in [-0.39, 0.29) is 61.2 Å². The third-order valence-electron chi connectivity index (χ3n) is 15.9. The van der Waals surface area contributed by atoms with Crippen LogP contribution in [0.25, 0.3) is 0 Å². The Morgan fingerprint density at radius 3 is 1.12 bits per heavy atom. The van der Waals surface area contributed by atoms with Crippen molar-refractivity contribution in [2.75, 3.05) is 60.2 Å². The molecule has 38 heteroatoms. The second-order valence-electron chi connectivity index (χ2n) is 26.0. The number of thioether (sulfide) groups is 2. The van der Waals surface area contributed by atoms with Crippen molar-refractivity contribution in [2.24, 2.45) is 35.1 Å². The van der Waals surface area contributed by atoms with Gasteiger partial charge in [0.2, 0.25) is 76.8 Å². The molecule has 0 unspecified atom stereocenters. The number of carboxylic acid groups (broad SMARTS) is 1. The molecule has 15 atom stereocenters. The van der Waals surface area contributed by atoms with Crippen LogP contribution in [-0.2, 0) is 73.5 Å². The normalized spacial score (nSPS) is 15.8. The largest absolute Gasteiger partial charge is 0.480 e. The van der Waals surface area contributed by atoms with Gasteiger partial charge in [-0.15, -0.1) is 0 Å². The van der Waals surface area contributed by atoms with Gasteiger partial charge in [-0.1, -0.05) is 85.7 Å². The molecule has 13 amide bonds. The fourth-order valence-electron chi connectivity index (χ4n) is 9.81. The topological polar surface area (TPSA) is 508 Å². The number of amides is 13. The summed E-state index contributed by atoms with van der Waals surface area (Å²) < 4.78 is 0. The number of unbranched alkanes of at least 4 members (excludes halogenated alkanes) is 1. The molecule has 0 saturated carbocycles. The van der Waals surface area contributed by atoms with Crippen LogP contribution >= 0.6 is 74.0 Å². The van der Waals surface area contributed by atoms with Crippen LogP contribution in [0.3, 0.4) is 0 Å². The smallest absolute Gasteiger partial charge is 0.328 e. The second-order valence-corrected chi connectivity index (χ2v) is 29.4. The Labute approximate surface area is 633 Å². The molecule has 32 nitrogen and oxygen atoms in total. The Morgan fingerprint density at radius 2 is 0.728 bits per heavy atom. The summed E-state index contributed by atoms with van der Waals surface area (Å²) in [6.45, 7) is 13.6. The van der Waals surface area contributed by atoms with Crippen molar-refractivity contribution < 1.29 is 82.4 Å². The summed E-state index contributed by atoms with van der Waals surface area (Å²) >= 11 is 19.9. The highest BCUT2D eigenvalue weighted by Gasteiger charge is 2.39. The van der Waals surface area contributed by atoms with E-state index < -0.39 is 198 Å². The van der Waals surface area contributed by atoms with Gasteiger partial charge < -0.3 is 95.9 Å². The van der Waals surface area contributed by atoms with E-state index in [1.54, 1.807) is 92.0 Å². The minimum atomic E-state index is -1.74. The van der Waals surface area contributed by atoms with Gasteiger partial charge in [0.05, 0.1) is 18.8 Å². The van der Waals surface area contributed by atoms with Crippen LogP contribution in [0.1, 0.15) is 106 Å². The van der Waals surface area contributed by atoms with E-state index in [9.17, 15) is 82.4 Å². The van der Waals surface area contributed by atoms with Crippen molar-refractivity contribution in [1.82, 2.24) is 69.1 Å². The number of carbonyl (C=O) groups excluding carboxylic acids is 13. The van der Waals surface area contributed by atoms with Crippen molar-refractivity contribution in [2.45, 2.75) is 198 Å². The number of aliphatic hydroxyl groups is 2. The van der Waals surface area contributed by atoms with Crippen molar-refractivity contribution in [3.8, 4) is 0 Å². The minimum Gasteiger partial charge on any atom is -0.480 e. The van der Waals surface area contributed by atoms with Crippen molar-refractivity contribution in [3.05, 3.63) is 35.9 Å². The molecule has 1 aromatic rings. The van der Waals surface area contributed by atoms with Gasteiger partial charge in [0.25, 0.3) is 0 Å². The Morgan fingerprint density at radius 1 is 0.408 bits per heavy atom. The predicted octanol–water partition coefficient (Wildman–Crippen LogP) is -3.32. The Hall–Kier alpha value is -6.26. The molecule has 0 aromatic heterocycles. The van der Waals surface area contributed by atoms with Crippen LogP contribution in [0.4, 0.5) is 0 Å². The van der Waals surface area contributed by atoms with E-state index in [1.165, 1.54) is 23.5 Å². The summed E-state index contributed by atoms with van der Waals surface area (Å²) in [5, 5.41) is 63.0. The molecule has 0 spiro atoms. The van der Waals surface area contributed by atoms with Crippen LogP contribution in [-0.4, -0.2) is 249 Å². The Bertz CT molecular complexity index is 2930. The summed E-state index contributed by atoms with van der Waals surface area (Å²) in [5.41, 5.74) is 12.2. The van der Waals surface area contributed by atoms with Crippen LogP contribution in [0, 0.1) is 23.7 Å². The molecule has 103 heavy (non-hydrogen) atoms. The second kappa shape index (κ2) is 50.3. The van der Waals surface area contributed by atoms with E-state index in [0.717, 1.165) is 6.92 Å². The zero-order valence-electron chi connectivity index (χ0n) is 60.3. The van der Waals surface area contributed by atoms with Gasteiger partial charge in [-0.2, -0.15) is 74.0 Å². The number of nitrogens with one attached hydrogen (secondary N) is 13. The standard InChI is InChI=1S/C65H111N15O17S6/c1-32(2)25-41(55(86)72-43(27-81)57(88)68-39(19-15-16-22-66)54(85)80-51(36(9)82)65(96)97)70-56(87)42(26-37-17-13-12-14-18-37)71-62(93)48(33(3)4)77-60(91)46(30-100)74-53(84)40(21-24-103-11)69-58(89)44(28-98)75-63(94)49(34(5)6)79-61(92)47(31-101)76-64(95)50(35(7)8)78-59(90)45(29-99)73-52(83)38(67)20-23-102-10/h12-14,17-18,32-36,38-51,81-82,98-101H,15-16,19-31,66-67H2,1-11H3,(H,68,88)(H,69,89)(H,70,87)(H,71,93)(H,72,86)(H,73,83)(H,74,84)(H,75,94)(H,76,95)(H,77,91)(H,78,90)(H,79,92)(H,80,85)(H,96,97)/t36-,38+,39+,40+,41+,42+,43+,44+,45+,46+,47+,48+,49+,50+,51+/m1/s1. The third kappa shape index (κ3) is 34.2. The summed E-state index contributed by atoms with van der Waals surface area (Å²) in [6.07, 6.45) is 2.93. The summed E-state index contributed by atoms with van der Waals surface area (Å²) in [6, 6.07) is -10.7. The molecule has 0 aliphatic heterocycles. The Balaban J connectivity index is 3.40. The lowest BCUT2D eigenvalue weighted by Crippen LogP contribution is -2.62.